The van der Waals surface area contributed by atoms with E-state index in [1.54, 1.807) is 6.07 Å². The maximum absolute atomic E-state index is 14.8. The molecule has 0 saturated carbocycles. The number of fused-ring (bicyclic) bond motifs is 1. The zero-order valence-electron chi connectivity index (χ0n) is 16.5. The van der Waals surface area contributed by atoms with Crippen molar-refractivity contribution >= 4 is 22.4 Å². The lowest BCUT2D eigenvalue weighted by atomic mass is 9.75. The third kappa shape index (κ3) is 3.56. The van der Waals surface area contributed by atoms with Crippen LogP contribution in [-0.4, -0.2) is 53.1 Å². The number of sulfone groups is 1. The second-order valence-electron chi connectivity index (χ2n) is 8.12. The van der Waals surface area contributed by atoms with Gasteiger partial charge in [-0.25, -0.2) is 12.8 Å². The van der Waals surface area contributed by atoms with Crippen molar-refractivity contribution in [3.8, 4) is 0 Å². The molecule has 0 aromatic heterocycles. The van der Waals surface area contributed by atoms with Gasteiger partial charge < -0.3 is 18.8 Å². The zero-order chi connectivity index (χ0) is 20.2. The molecular formula is C18H26BFO6S. The van der Waals surface area contributed by atoms with Gasteiger partial charge >= 0.3 is 7.12 Å². The Morgan fingerprint density at radius 2 is 1.81 bits per heavy atom. The van der Waals surface area contributed by atoms with Gasteiger partial charge in [0.15, 0.2) is 9.84 Å². The number of hydrogen-bond donors (Lipinski definition) is 0. The Balaban J connectivity index is 2.11. The summed E-state index contributed by atoms with van der Waals surface area (Å²) in [6.45, 7) is 7.59. The minimum absolute atomic E-state index is 0.0342. The molecule has 0 N–H and O–H groups in total. The molecule has 1 aliphatic carbocycles. The maximum atomic E-state index is 14.8. The molecule has 0 bridgehead atoms. The summed E-state index contributed by atoms with van der Waals surface area (Å²) < 4.78 is 61.9. The van der Waals surface area contributed by atoms with Crippen molar-refractivity contribution in [2.24, 2.45) is 0 Å². The highest BCUT2D eigenvalue weighted by Crippen LogP contribution is 2.42. The summed E-state index contributed by atoms with van der Waals surface area (Å²) in [6, 6.07) is 3.14. The van der Waals surface area contributed by atoms with E-state index in [1.165, 1.54) is 13.2 Å². The first-order chi connectivity index (χ1) is 12.4. The Kier molecular flexibility index (Phi) is 5.23. The molecule has 3 rings (SSSR count). The van der Waals surface area contributed by atoms with Gasteiger partial charge in [-0.05, 0) is 44.8 Å². The van der Waals surface area contributed by atoms with E-state index in [2.05, 4.69) is 0 Å². The normalized spacial score (nSPS) is 26.4. The number of alkyl halides is 1. The molecule has 1 aliphatic heterocycles. The smallest absolute Gasteiger partial charge is 0.399 e. The van der Waals surface area contributed by atoms with Crippen molar-refractivity contribution in [2.45, 2.75) is 62.5 Å². The van der Waals surface area contributed by atoms with Crippen LogP contribution in [0.25, 0.3) is 0 Å². The Morgan fingerprint density at radius 1 is 1.22 bits per heavy atom. The second kappa shape index (κ2) is 6.81. The number of halogens is 1. The standard InChI is InChI=1S/C18H26BFO6S/c1-17(2)18(3,4)26-19(25-17)12-7-8-14(27(6,21)22)15-11(12)9-13(20)16(15)24-10-23-5/h7-8,13,16H,9-10H2,1-6H3/t13-,16-/m1/s1. The summed E-state index contributed by atoms with van der Waals surface area (Å²) >= 11 is 0. The van der Waals surface area contributed by atoms with Crippen molar-refractivity contribution in [1.82, 2.24) is 0 Å². The van der Waals surface area contributed by atoms with Crippen LogP contribution in [0.5, 0.6) is 0 Å². The topological polar surface area (TPSA) is 71.1 Å². The average Bonchev–Trinajstić information content (AvgIpc) is 2.96. The quantitative estimate of drug-likeness (QED) is 0.556. The highest BCUT2D eigenvalue weighted by atomic mass is 32.2. The number of methoxy groups -OCH3 is 1. The van der Waals surface area contributed by atoms with Gasteiger partial charge in [0, 0.05) is 25.3 Å². The van der Waals surface area contributed by atoms with E-state index in [4.69, 9.17) is 18.8 Å². The molecule has 0 spiro atoms. The fourth-order valence-electron chi connectivity index (χ4n) is 3.53. The lowest BCUT2D eigenvalue weighted by molar-refractivity contribution is -0.0939. The van der Waals surface area contributed by atoms with Gasteiger partial charge in [0.05, 0.1) is 16.1 Å². The summed E-state index contributed by atoms with van der Waals surface area (Å²) in [5.74, 6) is 0. The summed E-state index contributed by atoms with van der Waals surface area (Å²) in [6.07, 6.45) is -1.24. The molecule has 150 valence electrons. The Morgan fingerprint density at radius 3 is 2.33 bits per heavy atom. The summed E-state index contributed by atoms with van der Waals surface area (Å²) in [5, 5.41) is 0. The van der Waals surface area contributed by atoms with Crippen LogP contribution in [0.3, 0.4) is 0 Å². The highest BCUT2D eigenvalue weighted by Gasteiger charge is 2.53. The van der Waals surface area contributed by atoms with Gasteiger partial charge in [0.2, 0.25) is 0 Å². The lowest BCUT2D eigenvalue weighted by Crippen LogP contribution is -2.41. The number of rotatable bonds is 5. The van der Waals surface area contributed by atoms with Crippen LogP contribution in [0.1, 0.15) is 44.9 Å². The first-order valence-electron chi connectivity index (χ1n) is 8.85. The number of ether oxygens (including phenoxy) is 2. The Bertz CT molecular complexity index is 822. The fraction of sp³-hybridized carbons (Fsp3) is 0.667. The molecule has 2 aliphatic rings. The van der Waals surface area contributed by atoms with Gasteiger partial charge in [-0.3, -0.25) is 0 Å². The molecular weight excluding hydrogens is 374 g/mol. The molecule has 0 amide bonds. The summed E-state index contributed by atoms with van der Waals surface area (Å²) in [4.78, 5) is 0.0685. The van der Waals surface area contributed by atoms with Gasteiger partial charge in [-0.15, -0.1) is 0 Å². The van der Waals surface area contributed by atoms with Crippen molar-refractivity contribution in [2.75, 3.05) is 20.2 Å². The molecule has 9 heteroatoms. The predicted octanol–water partition coefficient (Wildman–Crippen LogP) is 1.95. The third-order valence-electron chi connectivity index (χ3n) is 5.64. The molecule has 1 aromatic carbocycles. The van der Waals surface area contributed by atoms with E-state index >= 15 is 0 Å². The predicted molar refractivity (Wildman–Crippen MR) is 99.6 cm³/mol. The first kappa shape index (κ1) is 20.7. The minimum Gasteiger partial charge on any atom is -0.399 e. The highest BCUT2D eigenvalue weighted by molar-refractivity contribution is 7.90. The van der Waals surface area contributed by atoms with E-state index in [-0.39, 0.29) is 18.1 Å². The summed E-state index contributed by atoms with van der Waals surface area (Å²) in [7, 11) is -2.84. The van der Waals surface area contributed by atoms with Crippen LogP contribution in [0.15, 0.2) is 17.0 Å². The molecule has 1 aromatic rings. The number of benzene rings is 1. The molecule has 1 heterocycles. The molecule has 0 unspecified atom stereocenters. The van der Waals surface area contributed by atoms with E-state index in [9.17, 15) is 12.8 Å². The van der Waals surface area contributed by atoms with Crippen LogP contribution < -0.4 is 5.46 Å². The van der Waals surface area contributed by atoms with Gasteiger partial charge in [0.25, 0.3) is 0 Å². The zero-order valence-corrected chi connectivity index (χ0v) is 17.4. The Labute approximate surface area is 160 Å². The Hall–Kier alpha value is -0.995. The molecule has 6 nitrogen and oxygen atoms in total. The molecule has 27 heavy (non-hydrogen) atoms. The molecule has 0 radical (unpaired) electrons. The van der Waals surface area contributed by atoms with E-state index in [0.29, 0.717) is 16.6 Å². The minimum atomic E-state index is -3.56. The van der Waals surface area contributed by atoms with Gasteiger partial charge in [0.1, 0.15) is 19.1 Å². The van der Waals surface area contributed by atoms with E-state index in [0.717, 1.165) is 6.26 Å². The van der Waals surface area contributed by atoms with Crippen molar-refractivity contribution in [3.63, 3.8) is 0 Å². The molecule has 1 fully saturated rings. The van der Waals surface area contributed by atoms with Crippen molar-refractivity contribution in [1.29, 1.82) is 0 Å². The van der Waals surface area contributed by atoms with Crippen LogP contribution in [0, 0.1) is 0 Å². The number of hydrogen-bond acceptors (Lipinski definition) is 6. The van der Waals surface area contributed by atoms with Crippen LogP contribution in [0.4, 0.5) is 4.39 Å². The van der Waals surface area contributed by atoms with Crippen LogP contribution in [-0.2, 0) is 35.0 Å². The first-order valence-corrected chi connectivity index (χ1v) is 10.7. The fourth-order valence-corrected chi connectivity index (χ4v) is 4.48. The maximum Gasteiger partial charge on any atom is 0.495 e. The van der Waals surface area contributed by atoms with E-state index < -0.39 is 40.4 Å². The molecule has 2 atom stereocenters. The van der Waals surface area contributed by atoms with E-state index in [1.807, 2.05) is 27.7 Å². The second-order valence-corrected chi connectivity index (χ2v) is 10.1. The van der Waals surface area contributed by atoms with Gasteiger partial charge in [-0.2, -0.15) is 0 Å². The average molecular weight is 400 g/mol. The van der Waals surface area contributed by atoms with Crippen molar-refractivity contribution in [3.05, 3.63) is 23.3 Å². The summed E-state index contributed by atoms with van der Waals surface area (Å²) in [5.41, 5.74) is 0.445. The lowest BCUT2D eigenvalue weighted by Gasteiger charge is -2.32. The third-order valence-corrected chi connectivity index (χ3v) is 6.79. The van der Waals surface area contributed by atoms with Crippen LogP contribution in [0.2, 0.25) is 0 Å². The van der Waals surface area contributed by atoms with Gasteiger partial charge in [-0.1, -0.05) is 6.07 Å². The van der Waals surface area contributed by atoms with Crippen molar-refractivity contribution < 1.29 is 31.6 Å². The van der Waals surface area contributed by atoms with Crippen LogP contribution >= 0.6 is 0 Å². The SMILES string of the molecule is COCO[C@H]1c2c(S(C)(=O)=O)ccc(B3OC(C)(C)C(C)(C)O3)c2C[C@H]1F. The monoisotopic (exact) mass is 400 g/mol. The largest absolute Gasteiger partial charge is 0.495 e. The molecule has 1 saturated heterocycles.